The molecule has 2 aromatic rings. The summed E-state index contributed by atoms with van der Waals surface area (Å²) in [6.07, 6.45) is 2.54. The maximum absolute atomic E-state index is 13.1. The molecule has 1 heterocycles. The van der Waals surface area contributed by atoms with Gasteiger partial charge in [-0.05, 0) is 52.9 Å². The topological polar surface area (TPSA) is 57.6 Å². The van der Waals surface area contributed by atoms with Crippen LogP contribution in [-0.2, 0) is 16.4 Å². The summed E-state index contributed by atoms with van der Waals surface area (Å²) in [4.78, 5) is -0.148. The van der Waals surface area contributed by atoms with Crippen molar-refractivity contribution in [2.75, 3.05) is 10.8 Å². The second-order valence-corrected chi connectivity index (χ2v) is 8.49. The number of fused-ring (bicyclic) bond motifs is 1. The van der Waals surface area contributed by atoms with Gasteiger partial charge >= 0.3 is 0 Å². The second kappa shape index (κ2) is 6.34. The van der Waals surface area contributed by atoms with E-state index in [-0.39, 0.29) is 15.7 Å². The average Bonchev–Trinajstić information content (AvgIpc) is 2.73. The Hall–Kier alpha value is -1.24. The molecular formula is C16H15BrClNO3S. The minimum absolute atomic E-state index is 0.148. The van der Waals surface area contributed by atoms with Crippen LogP contribution in [0.25, 0.3) is 0 Å². The lowest BCUT2D eigenvalue weighted by Crippen LogP contribution is -2.32. The smallest absolute Gasteiger partial charge is 0.268 e. The molecule has 3 rings (SSSR count). The molecule has 23 heavy (non-hydrogen) atoms. The minimum atomic E-state index is -3.87. The first-order valence-corrected chi connectivity index (χ1v) is 9.81. The fourth-order valence-corrected chi connectivity index (χ4v) is 5.04. The predicted octanol–water partition coefficient (Wildman–Crippen LogP) is 4.34. The van der Waals surface area contributed by atoms with Crippen LogP contribution in [0.1, 0.15) is 18.4 Å². The number of nitrogens with zero attached hydrogens (tertiary/aromatic N) is 1. The second-order valence-electron chi connectivity index (χ2n) is 5.40. The zero-order valence-electron chi connectivity index (χ0n) is 12.2. The highest BCUT2D eigenvalue weighted by Crippen LogP contribution is 2.37. The van der Waals surface area contributed by atoms with Crippen molar-refractivity contribution in [1.29, 1.82) is 0 Å². The number of halogens is 2. The van der Waals surface area contributed by atoms with Crippen LogP contribution in [-0.4, -0.2) is 20.1 Å². The molecule has 122 valence electrons. The van der Waals surface area contributed by atoms with E-state index in [2.05, 4.69) is 15.9 Å². The number of phenols is 1. The van der Waals surface area contributed by atoms with E-state index in [4.69, 9.17) is 11.6 Å². The molecule has 0 aliphatic carbocycles. The number of aromatic hydroxyl groups is 1. The fraction of sp³-hybridized carbons (Fsp3) is 0.250. The Kier molecular flexibility index (Phi) is 4.58. The number of rotatable bonds is 2. The van der Waals surface area contributed by atoms with E-state index in [1.807, 2.05) is 18.2 Å². The van der Waals surface area contributed by atoms with Gasteiger partial charge in [-0.1, -0.05) is 29.8 Å². The molecule has 0 aromatic heterocycles. The summed E-state index contributed by atoms with van der Waals surface area (Å²) in [5.41, 5.74) is 1.68. The highest BCUT2D eigenvalue weighted by Gasteiger charge is 2.30. The first kappa shape index (κ1) is 16.6. The number of hydrogen-bond acceptors (Lipinski definition) is 3. The van der Waals surface area contributed by atoms with E-state index in [0.717, 1.165) is 24.8 Å². The van der Waals surface area contributed by atoms with Crippen molar-refractivity contribution in [3.05, 3.63) is 51.5 Å². The highest BCUT2D eigenvalue weighted by atomic mass is 79.9. The van der Waals surface area contributed by atoms with Gasteiger partial charge in [-0.2, -0.15) is 0 Å². The Morgan fingerprint density at radius 1 is 1.17 bits per heavy atom. The third-order valence-corrected chi connectivity index (χ3v) is 6.93. The van der Waals surface area contributed by atoms with E-state index in [0.29, 0.717) is 16.7 Å². The quantitative estimate of drug-likeness (QED) is 0.792. The molecule has 0 bridgehead atoms. The first-order chi connectivity index (χ1) is 10.9. The van der Waals surface area contributed by atoms with Gasteiger partial charge in [0.2, 0.25) is 0 Å². The molecule has 4 nitrogen and oxygen atoms in total. The molecule has 0 saturated heterocycles. The number of para-hydroxylation sites is 1. The maximum Gasteiger partial charge on any atom is 0.268 e. The Morgan fingerprint density at radius 3 is 2.70 bits per heavy atom. The molecule has 0 radical (unpaired) electrons. The fourth-order valence-electron chi connectivity index (χ4n) is 2.75. The Labute approximate surface area is 148 Å². The van der Waals surface area contributed by atoms with Gasteiger partial charge in [-0.25, -0.2) is 8.42 Å². The third-order valence-electron chi connectivity index (χ3n) is 3.89. The summed E-state index contributed by atoms with van der Waals surface area (Å²) in [7, 11) is -3.87. The zero-order chi connectivity index (χ0) is 16.6. The number of anilines is 1. The molecule has 1 aliphatic heterocycles. The molecule has 1 N–H and O–H groups in total. The lowest BCUT2D eigenvalue weighted by atomic mass is 10.1. The number of sulfonamides is 1. The van der Waals surface area contributed by atoms with Gasteiger partial charge in [-0.3, -0.25) is 4.31 Å². The van der Waals surface area contributed by atoms with Gasteiger partial charge in [0.05, 0.1) is 10.7 Å². The van der Waals surface area contributed by atoms with E-state index >= 15 is 0 Å². The molecule has 0 unspecified atom stereocenters. The van der Waals surface area contributed by atoms with Crippen molar-refractivity contribution in [3.63, 3.8) is 0 Å². The van der Waals surface area contributed by atoms with Crippen LogP contribution in [0, 0.1) is 0 Å². The molecule has 1 aliphatic rings. The normalized spacial score (nSPS) is 15.1. The summed E-state index contributed by atoms with van der Waals surface area (Å²) in [5.74, 6) is -0.347. The SMILES string of the molecule is O=S(=O)(c1cc(Br)c(Cl)cc1O)N1CCCCc2ccccc21. The van der Waals surface area contributed by atoms with Crippen LogP contribution >= 0.6 is 27.5 Å². The largest absolute Gasteiger partial charge is 0.506 e. The first-order valence-electron chi connectivity index (χ1n) is 7.20. The number of hydrogen-bond donors (Lipinski definition) is 1. The van der Waals surface area contributed by atoms with Gasteiger partial charge in [-0.15, -0.1) is 0 Å². The molecule has 2 aromatic carbocycles. The van der Waals surface area contributed by atoms with Gasteiger partial charge in [0.1, 0.15) is 10.6 Å². The Bertz CT molecular complexity index is 854. The number of benzene rings is 2. The highest BCUT2D eigenvalue weighted by molar-refractivity contribution is 9.10. The van der Waals surface area contributed by atoms with E-state index < -0.39 is 10.0 Å². The van der Waals surface area contributed by atoms with Gasteiger partial charge in [0, 0.05) is 17.1 Å². The Balaban J connectivity index is 2.15. The lowest BCUT2D eigenvalue weighted by Gasteiger charge is -2.25. The third kappa shape index (κ3) is 3.07. The molecule has 0 atom stereocenters. The number of phenolic OH excluding ortho intramolecular Hbond substituents is 1. The van der Waals surface area contributed by atoms with Gasteiger partial charge < -0.3 is 5.11 Å². The monoisotopic (exact) mass is 415 g/mol. The molecule has 0 saturated carbocycles. The van der Waals surface area contributed by atoms with Crippen molar-refractivity contribution in [2.24, 2.45) is 0 Å². The summed E-state index contributed by atoms with van der Waals surface area (Å²) >= 11 is 9.13. The van der Waals surface area contributed by atoms with Crippen molar-refractivity contribution < 1.29 is 13.5 Å². The predicted molar refractivity (Wildman–Crippen MR) is 94.7 cm³/mol. The summed E-state index contributed by atoms with van der Waals surface area (Å²) < 4.78 is 28.0. The molecule has 0 fully saturated rings. The zero-order valence-corrected chi connectivity index (χ0v) is 15.3. The summed E-state index contributed by atoms with van der Waals surface area (Å²) in [5, 5.41) is 10.4. The summed E-state index contributed by atoms with van der Waals surface area (Å²) in [6, 6.07) is 10.1. The van der Waals surface area contributed by atoms with E-state index in [9.17, 15) is 13.5 Å². The molecule has 0 amide bonds. The van der Waals surface area contributed by atoms with Crippen LogP contribution in [0.15, 0.2) is 45.8 Å². The van der Waals surface area contributed by atoms with Crippen molar-refractivity contribution >= 4 is 43.2 Å². The van der Waals surface area contributed by atoms with E-state index in [1.54, 1.807) is 6.07 Å². The van der Waals surface area contributed by atoms with Crippen molar-refractivity contribution in [2.45, 2.75) is 24.2 Å². The van der Waals surface area contributed by atoms with E-state index in [1.165, 1.54) is 16.4 Å². The molecule has 7 heteroatoms. The van der Waals surface area contributed by atoms with Crippen LogP contribution in [0.5, 0.6) is 5.75 Å². The summed E-state index contributed by atoms with van der Waals surface area (Å²) in [6.45, 7) is 0.388. The maximum atomic E-state index is 13.1. The minimum Gasteiger partial charge on any atom is -0.506 e. The molecule has 0 spiro atoms. The molecular weight excluding hydrogens is 402 g/mol. The van der Waals surface area contributed by atoms with Crippen LogP contribution < -0.4 is 4.31 Å². The van der Waals surface area contributed by atoms with Crippen LogP contribution in [0.2, 0.25) is 5.02 Å². The Morgan fingerprint density at radius 2 is 1.91 bits per heavy atom. The lowest BCUT2D eigenvalue weighted by molar-refractivity contribution is 0.458. The standard InChI is InChI=1S/C16H15BrClNO3S/c17-12-9-16(15(20)10-13(12)18)23(21,22)19-8-4-3-6-11-5-1-2-7-14(11)19/h1-2,5,7,9-10,20H,3-4,6,8H2. The van der Waals surface area contributed by atoms with Crippen molar-refractivity contribution in [1.82, 2.24) is 0 Å². The van der Waals surface area contributed by atoms with Crippen molar-refractivity contribution in [3.8, 4) is 5.75 Å². The average molecular weight is 417 g/mol. The van der Waals surface area contributed by atoms with Gasteiger partial charge in [0.15, 0.2) is 0 Å². The number of aryl methyl sites for hydroxylation is 1. The van der Waals surface area contributed by atoms with Gasteiger partial charge in [0.25, 0.3) is 10.0 Å². The van der Waals surface area contributed by atoms with Crippen LogP contribution in [0.3, 0.4) is 0 Å². The van der Waals surface area contributed by atoms with Crippen LogP contribution in [0.4, 0.5) is 5.69 Å².